The monoisotopic (exact) mass is 296 g/mol. The summed E-state index contributed by atoms with van der Waals surface area (Å²) in [5, 5.41) is 4.64. The molecule has 0 fully saturated rings. The molecule has 1 aromatic heterocycles. The first-order chi connectivity index (χ1) is 9.11. The largest absolute Gasteiger partial charge is 0.350 e. The van der Waals surface area contributed by atoms with Crippen molar-refractivity contribution in [1.82, 2.24) is 9.88 Å². The Kier molecular flexibility index (Phi) is 4.92. The third-order valence-electron chi connectivity index (χ3n) is 3.17. The van der Waals surface area contributed by atoms with Gasteiger partial charge in [0, 0.05) is 25.0 Å². The lowest BCUT2D eigenvalue weighted by Crippen LogP contribution is -2.17. The van der Waals surface area contributed by atoms with Gasteiger partial charge in [-0.25, -0.2) is 0 Å². The van der Waals surface area contributed by atoms with Crippen molar-refractivity contribution in [3.8, 4) is 0 Å². The Bertz CT molecular complexity index is 549. The predicted molar refractivity (Wildman–Crippen MR) is 82.1 cm³/mol. The molecule has 1 N–H and O–H groups in total. The average molecular weight is 297 g/mol. The second-order valence-electron chi connectivity index (χ2n) is 4.61. The molecule has 4 heteroatoms. The van der Waals surface area contributed by atoms with Crippen LogP contribution in [0.25, 0.3) is 0 Å². The molecule has 0 saturated heterocycles. The molecule has 1 atom stereocenters. The molecule has 0 spiro atoms. The van der Waals surface area contributed by atoms with Crippen LogP contribution >= 0.6 is 23.2 Å². The highest BCUT2D eigenvalue weighted by Gasteiger charge is 2.08. The third kappa shape index (κ3) is 3.53. The lowest BCUT2D eigenvalue weighted by Gasteiger charge is -2.10. The third-order valence-corrected chi connectivity index (χ3v) is 4.03. The van der Waals surface area contributed by atoms with Crippen LogP contribution < -0.4 is 5.32 Å². The summed E-state index contributed by atoms with van der Waals surface area (Å²) in [7, 11) is 0. The van der Waals surface area contributed by atoms with Crippen LogP contribution in [0.15, 0.2) is 36.7 Å². The van der Waals surface area contributed by atoms with Crippen LogP contribution in [0, 0.1) is 0 Å². The van der Waals surface area contributed by atoms with Crippen LogP contribution in [0.4, 0.5) is 0 Å². The molecule has 2 rings (SSSR count). The Labute approximate surface area is 124 Å². The van der Waals surface area contributed by atoms with E-state index in [-0.39, 0.29) is 0 Å². The van der Waals surface area contributed by atoms with Crippen molar-refractivity contribution in [1.29, 1.82) is 0 Å². The van der Waals surface area contributed by atoms with E-state index in [1.54, 1.807) is 0 Å². The molecule has 0 aliphatic rings. The maximum atomic E-state index is 6.20. The fraction of sp³-hybridized carbons (Fsp3) is 0.333. The summed E-state index contributed by atoms with van der Waals surface area (Å²) in [4.78, 5) is 0. The van der Waals surface area contributed by atoms with Gasteiger partial charge in [0.05, 0.1) is 10.0 Å². The zero-order valence-corrected chi connectivity index (χ0v) is 12.7. The fourth-order valence-corrected chi connectivity index (χ4v) is 2.48. The van der Waals surface area contributed by atoms with Crippen molar-refractivity contribution in [2.45, 2.75) is 26.4 Å². The molecule has 1 aromatic carbocycles. The molecule has 2 nitrogen and oxygen atoms in total. The molecule has 19 heavy (non-hydrogen) atoms. The van der Waals surface area contributed by atoms with Gasteiger partial charge in [0.1, 0.15) is 0 Å². The molecule has 0 saturated carbocycles. The van der Waals surface area contributed by atoms with Gasteiger partial charge in [-0.05, 0) is 36.7 Å². The molecule has 0 aliphatic carbocycles. The minimum Gasteiger partial charge on any atom is -0.350 e. The van der Waals surface area contributed by atoms with E-state index in [9.17, 15) is 0 Å². The van der Waals surface area contributed by atoms with Crippen LogP contribution in [0.3, 0.4) is 0 Å². The standard InChI is InChI=1S/C15H18Cl2N2/c1-3-18-11(2)12-7-8-19(9-12)10-13-5-4-6-14(16)15(13)17/h4-9,11,18H,3,10H2,1-2H3. The highest BCUT2D eigenvalue weighted by atomic mass is 35.5. The molecular formula is C15H18Cl2N2. The molecule has 2 aromatic rings. The smallest absolute Gasteiger partial charge is 0.0642 e. The van der Waals surface area contributed by atoms with Gasteiger partial charge >= 0.3 is 0 Å². The maximum absolute atomic E-state index is 6.20. The van der Waals surface area contributed by atoms with Crippen LogP contribution in [0.2, 0.25) is 10.0 Å². The van der Waals surface area contributed by atoms with E-state index in [2.05, 4.69) is 42.2 Å². The number of nitrogens with one attached hydrogen (secondary N) is 1. The Morgan fingerprint density at radius 1 is 1.26 bits per heavy atom. The topological polar surface area (TPSA) is 17.0 Å². The van der Waals surface area contributed by atoms with Gasteiger partial charge in [-0.3, -0.25) is 0 Å². The van der Waals surface area contributed by atoms with Gasteiger partial charge < -0.3 is 9.88 Å². The molecule has 0 radical (unpaired) electrons. The zero-order chi connectivity index (χ0) is 13.8. The van der Waals surface area contributed by atoms with Crippen LogP contribution in [-0.2, 0) is 6.54 Å². The van der Waals surface area contributed by atoms with E-state index in [0.29, 0.717) is 16.1 Å². The summed E-state index contributed by atoms with van der Waals surface area (Å²) < 4.78 is 2.13. The Hall–Kier alpha value is -0.960. The lowest BCUT2D eigenvalue weighted by atomic mass is 10.2. The molecule has 0 amide bonds. The van der Waals surface area contributed by atoms with Crippen LogP contribution in [0.1, 0.15) is 31.0 Å². The maximum Gasteiger partial charge on any atom is 0.0642 e. The highest BCUT2D eigenvalue weighted by Crippen LogP contribution is 2.26. The van der Waals surface area contributed by atoms with Crippen LogP contribution in [-0.4, -0.2) is 11.1 Å². The van der Waals surface area contributed by atoms with E-state index in [0.717, 1.165) is 18.7 Å². The molecule has 0 bridgehead atoms. The van der Waals surface area contributed by atoms with Gasteiger partial charge in [0.15, 0.2) is 0 Å². The van der Waals surface area contributed by atoms with Crippen molar-refractivity contribution < 1.29 is 0 Å². The van der Waals surface area contributed by atoms with Gasteiger partial charge in [-0.15, -0.1) is 0 Å². The van der Waals surface area contributed by atoms with Gasteiger partial charge in [0.2, 0.25) is 0 Å². The Morgan fingerprint density at radius 2 is 2.05 bits per heavy atom. The number of hydrogen-bond donors (Lipinski definition) is 1. The van der Waals surface area contributed by atoms with E-state index >= 15 is 0 Å². The predicted octanol–water partition coefficient (Wildman–Crippen LogP) is 4.51. The number of benzene rings is 1. The number of hydrogen-bond acceptors (Lipinski definition) is 1. The molecule has 0 aliphatic heterocycles. The first-order valence-electron chi connectivity index (χ1n) is 6.43. The summed E-state index contributed by atoms with van der Waals surface area (Å²) in [5.41, 5.74) is 2.31. The number of rotatable bonds is 5. The summed E-state index contributed by atoms with van der Waals surface area (Å²) >= 11 is 12.2. The van der Waals surface area contributed by atoms with Crippen molar-refractivity contribution >= 4 is 23.2 Å². The van der Waals surface area contributed by atoms with Gasteiger partial charge in [0.25, 0.3) is 0 Å². The number of nitrogens with zero attached hydrogens (tertiary/aromatic N) is 1. The number of aromatic nitrogens is 1. The van der Waals surface area contributed by atoms with E-state index in [4.69, 9.17) is 23.2 Å². The molecule has 1 heterocycles. The summed E-state index contributed by atoms with van der Waals surface area (Å²) in [5.74, 6) is 0. The minimum absolute atomic E-state index is 0.362. The quantitative estimate of drug-likeness (QED) is 0.859. The van der Waals surface area contributed by atoms with Crippen molar-refractivity contribution in [3.05, 3.63) is 57.8 Å². The first-order valence-corrected chi connectivity index (χ1v) is 7.19. The first kappa shape index (κ1) is 14.4. The minimum atomic E-state index is 0.362. The number of halogens is 2. The summed E-state index contributed by atoms with van der Waals surface area (Å²) in [6, 6.07) is 8.23. The van der Waals surface area contributed by atoms with Crippen molar-refractivity contribution in [2.24, 2.45) is 0 Å². The van der Waals surface area contributed by atoms with Crippen LogP contribution in [0.5, 0.6) is 0 Å². The fourth-order valence-electron chi connectivity index (χ4n) is 2.11. The van der Waals surface area contributed by atoms with E-state index < -0.39 is 0 Å². The molecular weight excluding hydrogens is 279 g/mol. The zero-order valence-electron chi connectivity index (χ0n) is 11.2. The van der Waals surface area contributed by atoms with Crippen molar-refractivity contribution in [3.63, 3.8) is 0 Å². The summed E-state index contributed by atoms with van der Waals surface area (Å²) in [6.45, 7) is 5.97. The molecule has 1 unspecified atom stereocenters. The van der Waals surface area contributed by atoms with E-state index in [1.807, 2.05) is 18.2 Å². The lowest BCUT2D eigenvalue weighted by molar-refractivity contribution is 0.596. The normalized spacial score (nSPS) is 12.6. The van der Waals surface area contributed by atoms with Gasteiger partial charge in [-0.2, -0.15) is 0 Å². The van der Waals surface area contributed by atoms with E-state index in [1.165, 1.54) is 5.56 Å². The second kappa shape index (κ2) is 6.47. The van der Waals surface area contributed by atoms with Gasteiger partial charge in [-0.1, -0.05) is 42.3 Å². The SMILES string of the molecule is CCNC(C)c1ccn(Cc2cccc(Cl)c2Cl)c1. The molecule has 102 valence electrons. The Balaban J connectivity index is 2.14. The van der Waals surface area contributed by atoms with Crippen molar-refractivity contribution in [2.75, 3.05) is 6.54 Å². The summed E-state index contributed by atoms with van der Waals surface area (Å²) in [6.07, 6.45) is 4.21. The average Bonchev–Trinajstić information content (AvgIpc) is 2.84. The second-order valence-corrected chi connectivity index (χ2v) is 5.39. The highest BCUT2D eigenvalue weighted by molar-refractivity contribution is 6.42. The Morgan fingerprint density at radius 3 is 2.79 bits per heavy atom.